The summed E-state index contributed by atoms with van der Waals surface area (Å²) >= 11 is 0. The van der Waals surface area contributed by atoms with Crippen molar-refractivity contribution >= 4 is 9.84 Å². The van der Waals surface area contributed by atoms with Crippen molar-refractivity contribution in [1.29, 1.82) is 0 Å². The van der Waals surface area contributed by atoms with Gasteiger partial charge in [0.2, 0.25) is 0 Å². The van der Waals surface area contributed by atoms with Gasteiger partial charge in [0.25, 0.3) is 0 Å². The first-order chi connectivity index (χ1) is 7.90. The Labute approximate surface area is 104 Å². The fraction of sp³-hybridized carbons (Fsp3) is 0.538. The Kier molecular flexibility index (Phi) is 5.15. The molecule has 0 radical (unpaired) electrons. The largest absolute Gasteiger partial charge is 0.324 e. The molecule has 0 bridgehead atoms. The van der Waals surface area contributed by atoms with E-state index in [0.717, 1.165) is 12.0 Å². The van der Waals surface area contributed by atoms with Crippen molar-refractivity contribution in [3.05, 3.63) is 35.9 Å². The zero-order valence-electron chi connectivity index (χ0n) is 10.5. The predicted molar refractivity (Wildman–Crippen MR) is 71.5 cm³/mol. The highest BCUT2D eigenvalue weighted by molar-refractivity contribution is 7.90. The first-order valence-corrected chi connectivity index (χ1v) is 7.94. The fourth-order valence-corrected chi connectivity index (χ4v) is 2.54. The van der Waals surface area contributed by atoms with E-state index < -0.39 is 9.84 Å². The van der Waals surface area contributed by atoms with Gasteiger partial charge in [0.1, 0.15) is 9.84 Å². The Morgan fingerprint density at radius 3 is 2.35 bits per heavy atom. The summed E-state index contributed by atoms with van der Waals surface area (Å²) in [4.78, 5) is 0. The molecular weight excluding hydrogens is 234 g/mol. The molecule has 0 amide bonds. The maximum Gasteiger partial charge on any atom is 0.147 e. The third kappa shape index (κ3) is 5.33. The molecule has 0 fully saturated rings. The Bertz CT molecular complexity index is 428. The number of benzene rings is 1. The molecule has 1 aromatic carbocycles. The summed E-state index contributed by atoms with van der Waals surface area (Å²) in [6.07, 6.45) is 2.79. The van der Waals surface area contributed by atoms with Crippen LogP contribution >= 0.6 is 0 Å². The van der Waals surface area contributed by atoms with Crippen molar-refractivity contribution in [1.82, 2.24) is 0 Å². The lowest BCUT2D eigenvalue weighted by Crippen LogP contribution is -2.19. The second kappa shape index (κ2) is 6.17. The van der Waals surface area contributed by atoms with Gasteiger partial charge in [0.05, 0.1) is 0 Å². The Morgan fingerprint density at radius 1 is 1.24 bits per heavy atom. The normalized spacial score (nSPS) is 15.5. The Balaban J connectivity index is 2.45. The summed E-state index contributed by atoms with van der Waals surface area (Å²) in [5.41, 5.74) is 7.25. The lowest BCUT2D eigenvalue weighted by Gasteiger charge is -2.20. The van der Waals surface area contributed by atoms with E-state index in [9.17, 15) is 8.42 Å². The van der Waals surface area contributed by atoms with E-state index >= 15 is 0 Å². The number of sulfone groups is 1. The van der Waals surface area contributed by atoms with E-state index in [0.29, 0.717) is 12.3 Å². The van der Waals surface area contributed by atoms with Gasteiger partial charge in [0.15, 0.2) is 0 Å². The number of hydrogen-bond acceptors (Lipinski definition) is 3. The molecule has 4 heteroatoms. The summed E-state index contributed by atoms with van der Waals surface area (Å²) in [7, 11) is -2.85. The summed E-state index contributed by atoms with van der Waals surface area (Å²) in [5.74, 6) is 0.540. The van der Waals surface area contributed by atoms with Gasteiger partial charge in [-0.25, -0.2) is 8.42 Å². The van der Waals surface area contributed by atoms with Crippen LogP contribution < -0.4 is 5.73 Å². The summed E-state index contributed by atoms with van der Waals surface area (Å²) in [6.45, 7) is 2.07. The Hall–Kier alpha value is -0.870. The molecule has 0 aliphatic carbocycles. The molecule has 0 saturated carbocycles. The van der Waals surface area contributed by atoms with E-state index in [1.807, 2.05) is 30.3 Å². The molecule has 17 heavy (non-hydrogen) atoms. The van der Waals surface area contributed by atoms with Gasteiger partial charge in [-0.3, -0.25) is 0 Å². The molecule has 3 nitrogen and oxygen atoms in total. The number of rotatable bonds is 6. The van der Waals surface area contributed by atoms with Crippen molar-refractivity contribution in [2.75, 3.05) is 12.0 Å². The topological polar surface area (TPSA) is 60.2 Å². The molecule has 0 aromatic heterocycles. The van der Waals surface area contributed by atoms with E-state index in [4.69, 9.17) is 5.73 Å². The minimum atomic E-state index is -2.85. The van der Waals surface area contributed by atoms with Gasteiger partial charge in [0, 0.05) is 18.1 Å². The van der Waals surface area contributed by atoms with Crippen LogP contribution in [-0.4, -0.2) is 20.4 Å². The van der Waals surface area contributed by atoms with Gasteiger partial charge in [-0.15, -0.1) is 0 Å². The van der Waals surface area contributed by atoms with Crippen molar-refractivity contribution < 1.29 is 8.42 Å². The standard InChI is InChI=1S/C13H21NO2S/c1-11(7-6-10-17(2,15)16)13(14)12-8-4-3-5-9-12/h3-5,8-9,11,13H,6-7,10,14H2,1-2H3. The van der Waals surface area contributed by atoms with Crippen LogP contribution in [0.1, 0.15) is 31.4 Å². The lowest BCUT2D eigenvalue weighted by molar-refractivity contribution is 0.433. The molecule has 1 rings (SSSR count). The minimum Gasteiger partial charge on any atom is -0.324 e. The van der Waals surface area contributed by atoms with E-state index in [-0.39, 0.29) is 11.8 Å². The third-order valence-corrected chi connectivity index (χ3v) is 4.00. The zero-order valence-corrected chi connectivity index (χ0v) is 11.3. The van der Waals surface area contributed by atoms with Gasteiger partial charge in [-0.2, -0.15) is 0 Å². The van der Waals surface area contributed by atoms with Crippen LogP contribution in [0.15, 0.2) is 30.3 Å². The molecule has 2 atom stereocenters. The molecule has 2 unspecified atom stereocenters. The fourth-order valence-electron chi connectivity index (χ4n) is 1.85. The first kappa shape index (κ1) is 14.2. The van der Waals surface area contributed by atoms with Gasteiger partial charge >= 0.3 is 0 Å². The summed E-state index contributed by atoms with van der Waals surface area (Å²) < 4.78 is 22.0. The molecule has 0 aliphatic heterocycles. The molecule has 0 saturated heterocycles. The lowest BCUT2D eigenvalue weighted by atomic mass is 9.92. The highest BCUT2D eigenvalue weighted by Gasteiger charge is 2.15. The van der Waals surface area contributed by atoms with E-state index in [1.54, 1.807) is 0 Å². The van der Waals surface area contributed by atoms with Crippen LogP contribution in [0.2, 0.25) is 0 Å². The predicted octanol–water partition coefficient (Wildman–Crippen LogP) is 2.15. The van der Waals surface area contributed by atoms with Crippen LogP contribution in [0, 0.1) is 5.92 Å². The second-order valence-electron chi connectivity index (χ2n) is 4.69. The van der Waals surface area contributed by atoms with Crippen molar-refractivity contribution in [2.45, 2.75) is 25.8 Å². The minimum absolute atomic E-state index is 0.0178. The highest BCUT2D eigenvalue weighted by atomic mass is 32.2. The van der Waals surface area contributed by atoms with Crippen molar-refractivity contribution in [2.24, 2.45) is 11.7 Å². The number of hydrogen-bond donors (Lipinski definition) is 1. The summed E-state index contributed by atoms with van der Waals surface area (Å²) in [6, 6.07) is 9.91. The van der Waals surface area contributed by atoms with Crippen LogP contribution in [-0.2, 0) is 9.84 Å². The Morgan fingerprint density at radius 2 is 1.82 bits per heavy atom. The van der Waals surface area contributed by atoms with Gasteiger partial charge in [-0.1, -0.05) is 37.3 Å². The molecule has 0 heterocycles. The summed E-state index contributed by atoms with van der Waals surface area (Å²) in [5, 5.41) is 0. The van der Waals surface area contributed by atoms with Crippen molar-refractivity contribution in [3.8, 4) is 0 Å². The third-order valence-electron chi connectivity index (χ3n) is 2.97. The van der Waals surface area contributed by atoms with Gasteiger partial charge in [-0.05, 0) is 24.3 Å². The van der Waals surface area contributed by atoms with Crippen LogP contribution in [0.4, 0.5) is 0 Å². The molecule has 1 aromatic rings. The maximum atomic E-state index is 11.0. The maximum absolute atomic E-state index is 11.0. The molecular formula is C13H21NO2S. The van der Waals surface area contributed by atoms with Gasteiger partial charge < -0.3 is 5.73 Å². The smallest absolute Gasteiger partial charge is 0.147 e. The van der Waals surface area contributed by atoms with E-state index in [2.05, 4.69) is 6.92 Å². The number of nitrogens with two attached hydrogens (primary N) is 1. The average molecular weight is 255 g/mol. The van der Waals surface area contributed by atoms with Crippen LogP contribution in [0.5, 0.6) is 0 Å². The SMILES string of the molecule is CC(CCCS(C)(=O)=O)C(N)c1ccccc1. The van der Waals surface area contributed by atoms with Crippen LogP contribution in [0.25, 0.3) is 0 Å². The van der Waals surface area contributed by atoms with Crippen molar-refractivity contribution in [3.63, 3.8) is 0 Å². The highest BCUT2D eigenvalue weighted by Crippen LogP contribution is 2.22. The molecule has 96 valence electrons. The molecule has 0 spiro atoms. The zero-order chi connectivity index (χ0) is 12.9. The first-order valence-electron chi connectivity index (χ1n) is 5.88. The monoisotopic (exact) mass is 255 g/mol. The second-order valence-corrected chi connectivity index (χ2v) is 6.95. The molecule has 2 N–H and O–H groups in total. The van der Waals surface area contributed by atoms with E-state index in [1.165, 1.54) is 6.26 Å². The molecule has 0 aliphatic rings. The quantitative estimate of drug-likeness (QED) is 0.847. The average Bonchev–Trinajstić information content (AvgIpc) is 2.27. The van der Waals surface area contributed by atoms with Crippen LogP contribution in [0.3, 0.4) is 0 Å².